The van der Waals surface area contributed by atoms with E-state index in [4.69, 9.17) is 9.15 Å². The number of hydrogen-bond donors (Lipinski definition) is 1. The van der Waals surface area contributed by atoms with Gasteiger partial charge in [-0.25, -0.2) is 0 Å². The van der Waals surface area contributed by atoms with Gasteiger partial charge < -0.3 is 14.5 Å². The lowest BCUT2D eigenvalue weighted by atomic mass is 10.1. The maximum atomic E-state index is 5.69. The first-order valence-electron chi connectivity index (χ1n) is 6.78. The Morgan fingerprint density at radius 1 is 1.26 bits per heavy atom. The molecule has 0 saturated heterocycles. The molecule has 2 aromatic rings. The molecule has 1 unspecified atom stereocenters. The Kier molecular flexibility index (Phi) is 4.50. The van der Waals surface area contributed by atoms with E-state index in [1.54, 1.807) is 6.26 Å². The molecular weight excluding hydrogens is 238 g/mol. The molecule has 0 bridgehead atoms. The fourth-order valence-electron chi connectivity index (χ4n) is 2.08. The second-order valence-corrected chi connectivity index (χ2v) is 4.55. The third-order valence-corrected chi connectivity index (χ3v) is 3.06. The Morgan fingerprint density at radius 2 is 2.11 bits per heavy atom. The molecule has 3 nitrogen and oxygen atoms in total. The summed E-state index contributed by atoms with van der Waals surface area (Å²) < 4.78 is 11.2. The summed E-state index contributed by atoms with van der Waals surface area (Å²) in [7, 11) is 0. The van der Waals surface area contributed by atoms with Crippen molar-refractivity contribution in [1.29, 1.82) is 0 Å². The fraction of sp³-hybridized carbons (Fsp3) is 0.375. The number of nitrogens with one attached hydrogen (secondary N) is 1. The van der Waals surface area contributed by atoms with Gasteiger partial charge in [0.05, 0.1) is 24.6 Å². The van der Waals surface area contributed by atoms with E-state index in [0.29, 0.717) is 6.61 Å². The first kappa shape index (κ1) is 13.5. The van der Waals surface area contributed by atoms with Crippen LogP contribution in [0.1, 0.15) is 37.6 Å². The highest BCUT2D eigenvalue weighted by Crippen LogP contribution is 2.30. The zero-order valence-corrected chi connectivity index (χ0v) is 11.8. The normalized spacial score (nSPS) is 12.2. The molecule has 19 heavy (non-hydrogen) atoms. The lowest BCUT2D eigenvalue weighted by molar-refractivity contribution is 0.341. The molecular formula is C16H21NO2. The van der Waals surface area contributed by atoms with Crippen molar-refractivity contribution in [3.8, 4) is 5.75 Å². The van der Waals surface area contributed by atoms with E-state index in [-0.39, 0.29) is 6.04 Å². The lowest BCUT2D eigenvalue weighted by Gasteiger charge is -2.19. The van der Waals surface area contributed by atoms with Gasteiger partial charge in [-0.1, -0.05) is 13.0 Å². The molecule has 0 fully saturated rings. The second-order valence-electron chi connectivity index (χ2n) is 4.55. The average Bonchev–Trinajstić information content (AvgIpc) is 2.92. The molecule has 1 heterocycles. The summed E-state index contributed by atoms with van der Waals surface area (Å²) in [5.74, 6) is 1.85. The van der Waals surface area contributed by atoms with Crippen LogP contribution in [0.3, 0.4) is 0 Å². The Bertz CT molecular complexity index is 505. The van der Waals surface area contributed by atoms with Gasteiger partial charge in [0, 0.05) is 0 Å². The van der Waals surface area contributed by atoms with E-state index in [1.807, 2.05) is 19.1 Å². The van der Waals surface area contributed by atoms with E-state index >= 15 is 0 Å². The zero-order valence-electron chi connectivity index (χ0n) is 11.8. The number of anilines is 1. The highest BCUT2D eigenvalue weighted by atomic mass is 16.5. The van der Waals surface area contributed by atoms with Crippen LogP contribution in [0.25, 0.3) is 0 Å². The quantitative estimate of drug-likeness (QED) is 0.826. The van der Waals surface area contributed by atoms with Crippen molar-refractivity contribution in [1.82, 2.24) is 0 Å². The van der Waals surface area contributed by atoms with Gasteiger partial charge in [0.25, 0.3) is 0 Å². The van der Waals surface area contributed by atoms with Gasteiger partial charge in [-0.05, 0) is 50.1 Å². The van der Waals surface area contributed by atoms with Gasteiger partial charge in [0.15, 0.2) is 0 Å². The van der Waals surface area contributed by atoms with E-state index in [0.717, 1.165) is 23.6 Å². The third kappa shape index (κ3) is 3.31. The highest BCUT2D eigenvalue weighted by molar-refractivity contribution is 5.58. The summed E-state index contributed by atoms with van der Waals surface area (Å²) >= 11 is 0. The maximum Gasteiger partial charge on any atom is 0.142 e. The summed E-state index contributed by atoms with van der Waals surface area (Å²) in [5.41, 5.74) is 2.20. The Morgan fingerprint density at radius 3 is 2.74 bits per heavy atom. The number of aryl methyl sites for hydroxylation is 1. The first-order chi connectivity index (χ1) is 9.24. The molecule has 0 aliphatic heterocycles. The van der Waals surface area contributed by atoms with Crippen LogP contribution in [0.15, 0.2) is 41.0 Å². The SMILES string of the molecule is CCOc1cc(C)ccc1NC(CC)c1ccco1. The Hall–Kier alpha value is -1.90. The van der Waals surface area contributed by atoms with Gasteiger partial charge in [-0.3, -0.25) is 0 Å². The molecule has 0 spiro atoms. The molecule has 1 atom stereocenters. The van der Waals surface area contributed by atoms with Crippen molar-refractivity contribution in [3.63, 3.8) is 0 Å². The van der Waals surface area contributed by atoms with Gasteiger partial charge in [-0.2, -0.15) is 0 Å². The van der Waals surface area contributed by atoms with Crippen LogP contribution in [0.2, 0.25) is 0 Å². The number of furan rings is 1. The Balaban J connectivity index is 2.21. The van der Waals surface area contributed by atoms with Crippen molar-refractivity contribution in [2.45, 2.75) is 33.2 Å². The second kappa shape index (κ2) is 6.32. The molecule has 0 aliphatic carbocycles. The predicted octanol–water partition coefficient (Wildman–Crippen LogP) is 4.55. The molecule has 1 N–H and O–H groups in total. The number of hydrogen-bond acceptors (Lipinski definition) is 3. The molecule has 0 aliphatic rings. The van der Waals surface area contributed by atoms with Gasteiger partial charge in [0.1, 0.15) is 11.5 Å². The minimum Gasteiger partial charge on any atom is -0.492 e. The standard InChI is InChI=1S/C16H21NO2/c1-4-13(15-7-6-10-19-15)17-14-9-8-12(3)11-16(14)18-5-2/h6-11,13,17H,4-5H2,1-3H3. The van der Waals surface area contributed by atoms with Crippen LogP contribution in [0.5, 0.6) is 5.75 Å². The molecule has 1 aromatic heterocycles. The zero-order chi connectivity index (χ0) is 13.7. The topological polar surface area (TPSA) is 34.4 Å². The number of rotatable bonds is 6. The van der Waals surface area contributed by atoms with Gasteiger partial charge in [0.2, 0.25) is 0 Å². The monoisotopic (exact) mass is 259 g/mol. The summed E-state index contributed by atoms with van der Waals surface area (Å²) in [5, 5.41) is 3.49. The summed E-state index contributed by atoms with van der Waals surface area (Å²) in [4.78, 5) is 0. The molecule has 0 radical (unpaired) electrons. The van der Waals surface area contributed by atoms with Gasteiger partial charge >= 0.3 is 0 Å². The summed E-state index contributed by atoms with van der Waals surface area (Å²) in [6.45, 7) is 6.86. The van der Waals surface area contributed by atoms with E-state index < -0.39 is 0 Å². The maximum absolute atomic E-state index is 5.69. The van der Waals surface area contributed by atoms with Crippen LogP contribution in [0.4, 0.5) is 5.69 Å². The lowest BCUT2D eigenvalue weighted by Crippen LogP contribution is -2.10. The van der Waals surface area contributed by atoms with Crippen molar-refractivity contribution in [3.05, 3.63) is 47.9 Å². The van der Waals surface area contributed by atoms with Crippen molar-refractivity contribution in [2.24, 2.45) is 0 Å². The predicted molar refractivity (Wildman–Crippen MR) is 77.7 cm³/mol. The number of ether oxygens (including phenoxy) is 1. The van der Waals surface area contributed by atoms with Crippen LogP contribution < -0.4 is 10.1 Å². The van der Waals surface area contributed by atoms with Crippen LogP contribution in [0, 0.1) is 6.92 Å². The smallest absolute Gasteiger partial charge is 0.142 e. The van der Waals surface area contributed by atoms with E-state index in [9.17, 15) is 0 Å². The first-order valence-corrected chi connectivity index (χ1v) is 6.78. The summed E-state index contributed by atoms with van der Waals surface area (Å²) in [6, 6.07) is 10.3. The van der Waals surface area contributed by atoms with Crippen molar-refractivity contribution < 1.29 is 9.15 Å². The van der Waals surface area contributed by atoms with Gasteiger partial charge in [-0.15, -0.1) is 0 Å². The van der Waals surface area contributed by atoms with E-state index in [2.05, 4.69) is 37.4 Å². The molecule has 3 heteroatoms. The largest absolute Gasteiger partial charge is 0.492 e. The highest BCUT2D eigenvalue weighted by Gasteiger charge is 2.14. The Labute approximate surface area is 114 Å². The molecule has 0 amide bonds. The third-order valence-electron chi connectivity index (χ3n) is 3.06. The summed E-state index contributed by atoms with van der Waals surface area (Å²) in [6.07, 6.45) is 2.66. The van der Waals surface area contributed by atoms with Crippen LogP contribution in [-0.2, 0) is 0 Å². The molecule has 1 aromatic carbocycles. The van der Waals surface area contributed by atoms with E-state index in [1.165, 1.54) is 5.56 Å². The number of benzene rings is 1. The average molecular weight is 259 g/mol. The molecule has 102 valence electrons. The fourth-order valence-corrected chi connectivity index (χ4v) is 2.08. The van der Waals surface area contributed by atoms with Crippen LogP contribution in [-0.4, -0.2) is 6.61 Å². The van der Waals surface area contributed by atoms with Crippen LogP contribution >= 0.6 is 0 Å². The van der Waals surface area contributed by atoms with Crippen molar-refractivity contribution in [2.75, 3.05) is 11.9 Å². The van der Waals surface area contributed by atoms with Crippen molar-refractivity contribution >= 4 is 5.69 Å². The minimum absolute atomic E-state index is 0.164. The molecule has 2 rings (SSSR count). The molecule has 0 saturated carbocycles. The minimum atomic E-state index is 0.164.